The first-order chi connectivity index (χ1) is 17.0. The smallest absolute Gasteiger partial charge is 0.271 e. The number of aromatic nitrogens is 2. The standard InChI is InChI=1S/C26H20ClN3O5/c27-19-5-1-17(2-6-19)16-35-24-11-12-25(31)30(29-24)21-8-3-18(4-9-21)26(32)28-20-7-10-22-23(15-20)34-14-13-33-22/h1-12,15H,13-14,16H2,(H,28,32). The molecule has 3 aromatic carbocycles. The summed E-state index contributed by atoms with van der Waals surface area (Å²) in [6, 6.07) is 21.9. The van der Waals surface area contributed by atoms with Crippen LogP contribution in [-0.2, 0) is 6.61 Å². The van der Waals surface area contributed by atoms with Gasteiger partial charge < -0.3 is 19.5 Å². The maximum Gasteiger partial charge on any atom is 0.271 e. The molecule has 0 spiro atoms. The number of anilines is 1. The molecular formula is C26H20ClN3O5. The number of rotatable bonds is 6. The van der Waals surface area contributed by atoms with Crippen LogP contribution >= 0.6 is 11.6 Å². The summed E-state index contributed by atoms with van der Waals surface area (Å²) in [5.74, 6) is 1.23. The summed E-state index contributed by atoms with van der Waals surface area (Å²) in [5, 5.41) is 7.77. The number of carbonyl (C=O) groups is 1. The van der Waals surface area contributed by atoms with Gasteiger partial charge in [-0.05, 0) is 54.1 Å². The Labute approximate surface area is 205 Å². The third kappa shape index (κ3) is 5.28. The molecule has 0 atom stereocenters. The molecule has 1 aromatic heterocycles. The lowest BCUT2D eigenvalue weighted by molar-refractivity contribution is 0.102. The summed E-state index contributed by atoms with van der Waals surface area (Å²) in [4.78, 5) is 25.1. The van der Waals surface area contributed by atoms with Crippen molar-refractivity contribution in [2.24, 2.45) is 0 Å². The molecule has 2 heterocycles. The van der Waals surface area contributed by atoms with Gasteiger partial charge in [-0.15, -0.1) is 5.10 Å². The van der Waals surface area contributed by atoms with Crippen LogP contribution in [0.4, 0.5) is 5.69 Å². The van der Waals surface area contributed by atoms with E-state index < -0.39 is 0 Å². The highest BCUT2D eigenvalue weighted by Gasteiger charge is 2.14. The summed E-state index contributed by atoms with van der Waals surface area (Å²) in [6.45, 7) is 1.24. The van der Waals surface area contributed by atoms with Crippen LogP contribution in [-0.4, -0.2) is 28.9 Å². The van der Waals surface area contributed by atoms with Gasteiger partial charge in [0, 0.05) is 34.5 Å². The number of ether oxygens (including phenoxy) is 3. The average molecular weight is 490 g/mol. The Morgan fingerprint density at radius 3 is 2.46 bits per heavy atom. The molecule has 5 rings (SSSR count). The van der Waals surface area contributed by atoms with E-state index in [0.717, 1.165) is 5.56 Å². The van der Waals surface area contributed by atoms with Crippen molar-refractivity contribution in [3.8, 4) is 23.1 Å². The highest BCUT2D eigenvalue weighted by Crippen LogP contribution is 2.32. The van der Waals surface area contributed by atoms with Crippen LogP contribution in [0.3, 0.4) is 0 Å². The van der Waals surface area contributed by atoms with Crippen molar-refractivity contribution < 1.29 is 19.0 Å². The second-order valence-corrected chi connectivity index (χ2v) is 8.13. The van der Waals surface area contributed by atoms with E-state index in [2.05, 4.69) is 10.4 Å². The number of fused-ring (bicyclic) bond motifs is 1. The molecule has 0 aliphatic carbocycles. The molecule has 9 heteroatoms. The number of hydrogen-bond donors (Lipinski definition) is 1. The van der Waals surface area contributed by atoms with E-state index in [1.807, 2.05) is 12.1 Å². The summed E-state index contributed by atoms with van der Waals surface area (Å²) >= 11 is 5.91. The molecule has 0 bridgehead atoms. The van der Waals surface area contributed by atoms with Gasteiger partial charge in [-0.2, -0.15) is 4.68 Å². The molecule has 176 valence electrons. The molecule has 0 unspecified atom stereocenters. The molecule has 1 amide bonds. The third-order valence-electron chi connectivity index (χ3n) is 5.25. The van der Waals surface area contributed by atoms with Crippen molar-refractivity contribution in [2.75, 3.05) is 18.5 Å². The van der Waals surface area contributed by atoms with Crippen molar-refractivity contribution >= 4 is 23.2 Å². The summed E-state index contributed by atoms with van der Waals surface area (Å²) in [5.41, 5.74) is 2.11. The van der Waals surface area contributed by atoms with Crippen molar-refractivity contribution in [1.82, 2.24) is 9.78 Å². The number of hydrogen-bond acceptors (Lipinski definition) is 6. The van der Waals surface area contributed by atoms with Gasteiger partial charge in [-0.25, -0.2) is 0 Å². The first-order valence-electron chi connectivity index (χ1n) is 10.8. The van der Waals surface area contributed by atoms with Gasteiger partial charge in [0.05, 0.1) is 5.69 Å². The first-order valence-corrected chi connectivity index (χ1v) is 11.2. The van der Waals surface area contributed by atoms with Crippen LogP contribution in [0, 0.1) is 0 Å². The molecule has 8 nitrogen and oxygen atoms in total. The predicted octanol–water partition coefficient (Wildman–Crippen LogP) is 4.49. The zero-order valence-corrected chi connectivity index (χ0v) is 19.2. The highest BCUT2D eigenvalue weighted by molar-refractivity contribution is 6.30. The highest BCUT2D eigenvalue weighted by atomic mass is 35.5. The fourth-order valence-corrected chi connectivity index (χ4v) is 3.60. The maximum absolute atomic E-state index is 12.7. The Morgan fingerprint density at radius 2 is 1.69 bits per heavy atom. The van der Waals surface area contributed by atoms with Crippen molar-refractivity contribution in [1.29, 1.82) is 0 Å². The van der Waals surface area contributed by atoms with Gasteiger partial charge in [-0.3, -0.25) is 9.59 Å². The first kappa shape index (κ1) is 22.5. The van der Waals surface area contributed by atoms with Gasteiger partial charge in [0.15, 0.2) is 11.5 Å². The van der Waals surface area contributed by atoms with Crippen LogP contribution in [0.1, 0.15) is 15.9 Å². The molecule has 0 saturated carbocycles. The number of nitrogens with one attached hydrogen (secondary N) is 1. The molecule has 1 N–H and O–H groups in total. The Bertz CT molecular complexity index is 1420. The molecule has 0 fully saturated rings. The van der Waals surface area contributed by atoms with E-state index in [0.29, 0.717) is 52.6 Å². The average Bonchev–Trinajstić information content (AvgIpc) is 2.89. The van der Waals surface area contributed by atoms with E-state index in [-0.39, 0.29) is 18.1 Å². The third-order valence-corrected chi connectivity index (χ3v) is 5.50. The minimum absolute atomic E-state index is 0.279. The van der Waals surface area contributed by atoms with Crippen LogP contribution in [0.25, 0.3) is 5.69 Å². The number of amides is 1. The zero-order chi connectivity index (χ0) is 24.2. The normalized spacial score (nSPS) is 12.1. The topological polar surface area (TPSA) is 91.7 Å². The summed E-state index contributed by atoms with van der Waals surface area (Å²) in [7, 11) is 0. The van der Waals surface area contributed by atoms with E-state index in [4.69, 9.17) is 25.8 Å². The quantitative estimate of drug-likeness (QED) is 0.429. The predicted molar refractivity (Wildman–Crippen MR) is 131 cm³/mol. The largest absolute Gasteiger partial charge is 0.486 e. The maximum atomic E-state index is 12.7. The lowest BCUT2D eigenvalue weighted by Crippen LogP contribution is -2.21. The Balaban J connectivity index is 1.28. The molecule has 0 saturated heterocycles. The van der Waals surface area contributed by atoms with Crippen LogP contribution in [0.15, 0.2) is 83.7 Å². The lowest BCUT2D eigenvalue weighted by atomic mass is 10.2. The molecule has 4 aromatic rings. The Kier molecular flexibility index (Phi) is 6.36. The minimum atomic E-state index is -0.322. The van der Waals surface area contributed by atoms with Gasteiger partial charge in [0.25, 0.3) is 11.5 Å². The van der Waals surface area contributed by atoms with Crippen LogP contribution in [0.2, 0.25) is 5.02 Å². The second kappa shape index (κ2) is 9.90. The molecule has 35 heavy (non-hydrogen) atoms. The minimum Gasteiger partial charge on any atom is -0.486 e. The molecular weight excluding hydrogens is 470 g/mol. The van der Waals surface area contributed by atoms with Gasteiger partial charge in [0.2, 0.25) is 5.88 Å². The van der Waals surface area contributed by atoms with Crippen LogP contribution < -0.4 is 25.1 Å². The monoisotopic (exact) mass is 489 g/mol. The number of benzene rings is 3. The molecule has 0 radical (unpaired) electrons. The van der Waals surface area contributed by atoms with E-state index in [1.54, 1.807) is 54.6 Å². The van der Waals surface area contributed by atoms with Crippen molar-refractivity contribution in [3.63, 3.8) is 0 Å². The summed E-state index contributed by atoms with van der Waals surface area (Å²) < 4.78 is 18.0. The molecule has 1 aliphatic rings. The number of halogens is 1. The fraction of sp³-hybridized carbons (Fsp3) is 0.115. The Hall–Kier alpha value is -4.30. The van der Waals surface area contributed by atoms with Crippen molar-refractivity contribution in [3.05, 3.63) is 105 Å². The zero-order valence-electron chi connectivity index (χ0n) is 18.4. The number of carbonyl (C=O) groups excluding carboxylic acids is 1. The van der Waals surface area contributed by atoms with Crippen LogP contribution in [0.5, 0.6) is 17.4 Å². The van der Waals surface area contributed by atoms with Gasteiger partial charge in [0.1, 0.15) is 19.8 Å². The second-order valence-electron chi connectivity index (χ2n) is 7.70. The van der Waals surface area contributed by atoms with Crippen molar-refractivity contribution in [2.45, 2.75) is 6.61 Å². The number of nitrogens with zero attached hydrogens (tertiary/aromatic N) is 2. The summed E-state index contributed by atoms with van der Waals surface area (Å²) in [6.07, 6.45) is 0. The fourth-order valence-electron chi connectivity index (χ4n) is 3.47. The van der Waals surface area contributed by atoms with E-state index in [1.165, 1.54) is 16.8 Å². The van der Waals surface area contributed by atoms with E-state index in [9.17, 15) is 9.59 Å². The lowest BCUT2D eigenvalue weighted by Gasteiger charge is -2.19. The SMILES string of the molecule is O=C(Nc1ccc2c(c1)OCCO2)c1ccc(-n2nc(OCc3ccc(Cl)cc3)ccc2=O)cc1. The Morgan fingerprint density at radius 1 is 0.943 bits per heavy atom. The van der Waals surface area contributed by atoms with Gasteiger partial charge in [-0.1, -0.05) is 23.7 Å². The van der Waals surface area contributed by atoms with Gasteiger partial charge >= 0.3 is 0 Å². The molecule has 1 aliphatic heterocycles. The van der Waals surface area contributed by atoms with E-state index >= 15 is 0 Å².